The van der Waals surface area contributed by atoms with E-state index >= 15 is 0 Å². The molecule has 66 valence electrons. The first-order valence-corrected chi connectivity index (χ1v) is 4.80. The lowest BCUT2D eigenvalue weighted by Crippen LogP contribution is -2.01. The Morgan fingerprint density at radius 2 is 2.42 bits per heavy atom. The fourth-order valence-electron chi connectivity index (χ4n) is 0.862. The lowest BCUT2D eigenvalue weighted by molar-refractivity contribution is 0.300. The van der Waals surface area contributed by atoms with Crippen molar-refractivity contribution in [1.29, 1.82) is 0 Å². The van der Waals surface area contributed by atoms with E-state index in [9.17, 15) is 0 Å². The maximum atomic E-state index is 8.83. The minimum atomic E-state index is 0.214. The third kappa shape index (κ3) is 2.83. The second kappa shape index (κ2) is 4.48. The predicted molar refractivity (Wildman–Crippen MR) is 51.4 cm³/mol. The van der Waals surface area contributed by atoms with Crippen molar-refractivity contribution in [3.8, 4) is 0 Å². The molecule has 0 saturated heterocycles. The highest BCUT2D eigenvalue weighted by Crippen LogP contribution is 2.22. The average molecular weight is 183 g/mol. The molecule has 0 amide bonds. The first-order chi connectivity index (χ1) is 5.72. The standard InChI is InChI=1S/C9H13NOS/c1-7-5-9(3-4-10-7)12-8(2)6-11/h3-5,8,11H,6H2,1-2H3. The first kappa shape index (κ1) is 9.55. The summed E-state index contributed by atoms with van der Waals surface area (Å²) >= 11 is 1.67. The van der Waals surface area contributed by atoms with Crippen molar-refractivity contribution in [3.05, 3.63) is 24.0 Å². The number of nitrogens with zero attached hydrogens (tertiary/aromatic N) is 1. The van der Waals surface area contributed by atoms with Gasteiger partial charge in [0.2, 0.25) is 0 Å². The molecular formula is C9H13NOS. The van der Waals surface area contributed by atoms with Crippen LogP contribution in [0.15, 0.2) is 23.2 Å². The zero-order valence-electron chi connectivity index (χ0n) is 7.32. The molecule has 0 aliphatic heterocycles. The molecule has 1 aromatic rings. The molecule has 1 atom stereocenters. The van der Waals surface area contributed by atoms with Crippen LogP contribution in [0.3, 0.4) is 0 Å². The topological polar surface area (TPSA) is 33.1 Å². The molecule has 2 nitrogen and oxygen atoms in total. The van der Waals surface area contributed by atoms with Gasteiger partial charge >= 0.3 is 0 Å². The summed E-state index contributed by atoms with van der Waals surface area (Å²) in [7, 11) is 0. The summed E-state index contributed by atoms with van der Waals surface area (Å²) in [5.74, 6) is 0. The largest absolute Gasteiger partial charge is 0.395 e. The second-order valence-corrected chi connectivity index (χ2v) is 4.26. The van der Waals surface area contributed by atoms with Crippen molar-refractivity contribution in [2.24, 2.45) is 0 Å². The van der Waals surface area contributed by atoms with Gasteiger partial charge in [-0.2, -0.15) is 0 Å². The van der Waals surface area contributed by atoms with Crippen molar-refractivity contribution < 1.29 is 5.11 Å². The highest BCUT2D eigenvalue weighted by Gasteiger charge is 2.01. The fourth-order valence-corrected chi connectivity index (χ4v) is 1.78. The summed E-state index contributed by atoms with van der Waals surface area (Å²) in [6.45, 7) is 4.18. The summed E-state index contributed by atoms with van der Waals surface area (Å²) in [5.41, 5.74) is 1.02. The molecule has 0 spiro atoms. The van der Waals surface area contributed by atoms with Crippen molar-refractivity contribution in [2.45, 2.75) is 24.0 Å². The number of hydrogen-bond acceptors (Lipinski definition) is 3. The van der Waals surface area contributed by atoms with Crippen LogP contribution in [0.4, 0.5) is 0 Å². The van der Waals surface area contributed by atoms with E-state index in [1.807, 2.05) is 26.0 Å². The van der Waals surface area contributed by atoms with Crippen LogP contribution in [0.25, 0.3) is 0 Å². The van der Waals surface area contributed by atoms with E-state index < -0.39 is 0 Å². The maximum Gasteiger partial charge on any atom is 0.0550 e. The van der Waals surface area contributed by atoms with Crippen LogP contribution < -0.4 is 0 Å². The molecule has 1 unspecified atom stereocenters. The zero-order valence-corrected chi connectivity index (χ0v) is 8.14. The second-order valence-electron chi connectivity index (χ2n) is 2.74. The summed E-state index contributed by atoms with van der Waals surface area (Å²) in [5, 5.41) is 9.09. The molecule has 0 aromatic carbocycles. The molecule has 3 heteroatoms. The summed E-state index contributed by atoms with van der Waals surface area (Å²) in [6, 6.07) is 3.99. The smallest absolute Gasteiger partial charge is 0.0550 e. The number of rotatable bonds is 3. The molecular weight excluding hydrogens is 170 g/mol. The van der Waals surface area contributed by atoms with Gasteiger partial charge in [0.1, 0.15) is 0 Å². The van der Waals surface area contributed by atoms with Crippen molar-refractivity contribution in [3.63, 3.8) is 0 Å². The lowest BCUT2D eigenvalue weighted by atomic mass is 10.4. The van der Waals surface area contributed by atoms with Gasteiger partial charge in [0.15, 0.2) is 0 Å². The number of thioether (sulfide) groups is 1. The Morgan fingerprint density at radius 3 is 3.00 bits per heavy atom. The highest BCUT2D eigenvalue weighted by atomic mass is 32.2. The Hall–Kier alpha value is -0.540. The van der Waals surface area contributed by atoms with Gasteiger partial charge in [-0.25, -0.2) is 0 Å². The number of hydrogen-bond donors (Lipinski definition) is 1. The molecule has 1 N–H and O–H groups in total. The molecule has 0 radical (unpaired) electrons. The third-order valence-electron chi connectivity index (χ3n) is 1.46. The van der Waals surface area contributed by atoms with E-state index in [-0.39, 0.29) is 11.9 Å². The molecule has 0 bridgehead atoms. The van der Waals surface area contributed by atoms with E-state index in [1.165, 1.54) is 4.90 Å². The van der Waals surface area contributed by atoms with Gasteiger partial charge in [-0.3, -0.25) is 4.98 Å². The Kier molecular flexibility index (Phi) is 3.56. The first-order valence-electron chi connectivity index (χ1n) is 3.92. The van der Waals surface area contributed by atoms with Crippen LogP contribution in [-0.4, -0.2) is 21.9 Å². The van der Waals surface area contributed by atoms with Crippen LogP contribution in [0.1, 0.15) is 12.6 Å². The van der Waals surface area contributed by atoms with Gasteiger partial charge in [0.25, 0.3) is 0 Å². The number of aliphatic hydroxyl groups is 1. The van der Waals surface area contributed by atoms with E-state index in [1.54, 1.807) is 18.0 Å². The predicted octanol–water partition coefficient (Wildman–Crippen LogP) is 1.86. The van der Waals surface area contributed by atoms with Crippen molar-refractivity contribution in [2.75, 3.05) is 6.61 Å². The average Bonchev–Trinajstić information content (AvgIpc) is 2.04. The maximum absolute atomic E-state index is 8.83. The lowest BCUT2D eigenvalue weighted by Gasteiger charge is -2.06. The SMILES string of the molecule is Cc1cc(SC(C)CO)ccn1. The molecule has 1 heterocycles. The fraction of sp³-hybridized carbons (Fsp3) is 0.444. The number of pyridine rings is 1. The van der Waals surface area contributed by atoms with E-state index in [0.29, 0.717) is 0 Å². The van der Waals surface area contributed by atoms with Gasteiger partial charge in [0.05, 0.1) is 6.61 Å². The number of aryl methyl sites for hydroxylation is 1. The minimum Gasteiger partial charge on any atom is -0.395 e. The zero-order chi connectivity index (χ0) is 8.97. The summed E-state index contributed by atoms with van der Waals surface area (Å²) in [6.07, 6.45) is 1.79. The van der Waals surface area contributed by atoms with Crippen LogP contribution in [0.5, 0.6) is 0 Å². The van der Waals surface area contributed by atoms with E-state index in [0.717, 1.165) is 5.69 Å². The monoisotopic (exact) mass is 183 g/mol. The molecule has 12 heavy (non-hydrogen) atoms. The quantitative estimate of drug-likeness (QED) is 0.726. The highest BCUT2D eigenvalue weighted by molar-refractivity contribution is 8.00. The molecule has 0 saturated carbocycles. The third-order valence-corrected chi connectivity index (χ3v) is 2.54. The Bertz CT molecular complexity index is 252. The molecule has 1 rings (SSSR count). The van der Waals surface area contributed by atoms with E-state index in [2.05, 4.69) is 4.98 Å². The number of aromatic nitrogens is 1. The number of aliphatic hydroxyl groups excluding tert-OH is 1. The van der Waals surface area contributed by atoms with Crippen LogP contribution in [-0.2, 0) is 0 Å². The van der Waals surface area contributed by atoms with Crippen molar-refractivity contribution >= 4 is 11.8 Å². The molecule has 0 aliphatic carbocycles. The van der Waals surface area contributed by atoms with Crippen molar-refractivity contribution in [1.82, 2.24) is 4.98 Å². The summed E-state index contributed by atoms with van der Waals surface area (Å²) < 4.78 is 0. The Morgan fingerprint density at radius 1 is 1.67 bits per heavy atom. The van der Waals surface area contributed by atoms with E-state index in [4.69, 9.17) is 5.11 Å². The molecule has 1 aromatic heterocycles. The Labute approximate surface area is 77.0 Å². The van der Waals surface area contributed by atoms with Gasteiger partial charge in [-0.15, -0.1) is 11.8 Å². The van der Waals surface area contributed by atoms with Crippen LogP contribution in [0, 0.1) is 6.92 Å². The van der Waals surface area contributed by atoms with Crippen LogP contribution in [0.2, 0.25) is 0 Å². The van der Waals surface area contributed by atoms with Crippen LogP contribution >= 0.6 is 11.8 Å². The van der Waals surface area contributed by atoms with Gasteiger partial charge in [-0.05, 0) is 19.1 Å². The van der Waals surface area contributed by atoms with Gasteiger partial charge in [-0.1, -0.05) is 6.92 Å². The van der Waals surface area contributed by atoms with Gasteiger partial charge in [0, 0.05) is 22.0 Å². The Balaban J connectivity index is 2.63. The minimum absolute atomic E-state index is 0.214. The molecule has 0 aliphatic rings. The summed E-state index contributed by atoms with van der Waals surface area (Å²) in [4.78, 5) is 5.27. The van der Waals surface area contributed by atoms with Gasteiger partial charge < -0.3 is 5.11 Å². The normalized spacial score (nSPS) is 12.9. The molecule has 0 fully saturated rings.